The van der Waals surface area contributed by atoms with Gasteiger partial charge in [-0.05, 0) is 25.0 Å². The molecule has 0 atom stereocenters. The second-order valence-electron chi connectivity index (χ2n) is 6.98. The predicted molar refractivity (Wildman–Crippen MR) is 105 cm³/mol. The van der Waals surface area contributed by atoms with Crippen molar-refractivity contribution in [2.75, 3.05) is 5.32 Å². The van der Waals surface area contributed by atoms with E-state index in [0.29, 0.717) is 12.0 Å². The molecular formula is C21H22N2OSi. The number of nitrogens with one attached hydrogen (secondary N) is 1. The van der Waals surface area contributed by atoms with Gasteiger partial charge in [0, 0.05) is 18.2 Å². The highest BCUT2D eigenvalue weighted by Gasteiger charge is 2.26. The average Bonchev–Trinajstić information content (AvgIpc) is 2.62. The fourth-order valence-corrected chi connectivity index (χ4v) is 5.58. The molecule has 0 saturated carbocycles. The van der Waals surface area contributed by atoms with Crippen LogP contribution in [0.5, 0.6) is 0 Å². The first-order chi connectivity index (χ1) is 12.0. The van der Waals surface area contributed by atoms with Crippen LogP contribution in [0.2, 0.25) is 13.1 Å². The van der Waals surface area contributed by atoms with E-state index >= 15 is 0 Å². The van der Waals surface area contributed by atoms with E-state index in [1.165, 1.54) is 10.4 Å². The SMILES string of the molecule is C[Si](C)(c1ccccc1)c1ccc(NC2=CC(=O)CCC2)c(C#N)c1. The van der Waals surface area contributed by atoms with Crippen molar-refractivity contribution >= 4 is 29.9 Å². The highest BCUT2D eigenvalue weighted by molar-refractivity contribution is 7.00. The lowest BCUT2D eigenvalue weighted by Crippen LogP contribution is -2.52. The monoisotopic (exact) mass is 346 g/mol. The lowest BCUT2D eigenvalue weighted by molar-refractivity contribution is -0.115. The summed E-state index contributed by atoms with van der Waals surface area (Å²) in [5.74, 6) is 0.154. The molecule has 2 aromatic rings. The van der Waals surface area contributed by atoms with Gasteiger partial charge in [0.1, 0.15) is 14.1 Å². The van der Waals surface area contributed by atoms with E-state index in [1.807, 2.05) is 18.2 Å². The molecule has 1 aliphatic rings. The van der Waals surface area contributed by atoms with Crippen molar-refractivity contribution in [2.24, 2.45) is 0 Å². The molecule has 1 aliphatic carbocycles. The number of anilines is 1. The van der Waals surface area contributed by atoms with Crippen LogP contribution < -0.4 is 15.7 Å². The van der Waals surface area contributed by atoms with Crippen LogP contribution in [0.25, 0.3) is 0 Å². The highest BCUT2D eigenvalue weighted by atomic mass is 28.3. The molecule has 0 spiro atoms. The second-order valence-corrected chi connectivity index (χ2v) is 11.4. The minimum absolute atomic E-state index is 0.154. The van der Waals surface area contributed by atoms with Gasteiger partial charge < -0.3 is 5.32 Å². The Kier molecular flexibility index (Phi) is 4.87. The molecule has 0 saturated heterocycles. The zero-order chi connectivity index (χ0) is 17.9. The zero-order valence-corrected chi connectivity index (χ0v) is 15.7. The Labute approximate surface area is 150 Å². The fraction of sp³-hybridized carbons (Fsp3) is 0.238. The number of ketones is 1. The van der Waals surface area contributed by atoms with Crippen molar-refractivity contribution in [1.29, 1.82) is 5.26 Å². The molecule has 0 radical (unpaired) electrons. The van der Waals surface area contributed by atoms with Crippen molar-refractivity contribution in [1.82, 2.24) is 0 Å². The number of nitrogens with zero attached hydrogens (tertiary/aromatic N) is 1. The number of carbonyl (C=O) groups excluding carboxylic acids is 1. The summed E-state index contributed by atoms with van der Waals surface area (Å²) in [5.41, 5.74) is 2.32. The number of rotatable bonds is 4. The number of hydrogen-bond donors (Lipinski definition) is 1. The highest BCUT2D eigenvalue weighted by Crippen LogP contribution is 2.21. The Morgan fingerprint density at radius 3 is 2.48 bits per heavy atom. The predicted octanol–water partition coefficient (Wildman–Crippen LogP) is 3.43. The largest absolute Gasteiger partial charge is 0.358 e. The molecule has 0 aliphatic heterocycles. The van der Waals surface area contributed by atoms with Gasteiger partial charge in [-0.2, -0.15) is 5.26 Å². The summed E-state index contributed by atoms with van der Waals surface area (Å²) in [6.07, 6.45) is 4.00. The molecule has 0 bridgehead atoms. The number of hydrogen-bond acceptors (Lipinski definition) is 3. The molecule has 25 heavy (non-hydrogen) atoms. The van der Waals surface area contributed by atoms with E-state index in [4.69, 9.17) is 0 Å². The molecule has 3 nitrogen and oxygen atoms in total. The van der Waals surface area contributed by atoms with Gasteiger partial charge in [-0.25, -0.2) is 0 Å². The Bertz CT molecular complexity index is 863. The van der Waals surface area contributed by atoms with E-state index < -0.39 is 8.07 Å². The Morgan fingerprint density at radius 1 is 1.04 bits per heavy atom. The van der Waals surface area contributed by atoms with Gasteiger partial charge in [0.05, 0.1) is 11.3 Å². The molecule has 0 aromatic heterocycles. The summed E-state index contributed by atoms with van der Waals surface area (Å²) in [7, 11) is -1.84. The molecule has 1 N–H and O–H groups in total. The van der Waals surface area contributed by atoms with Crippen molar-refractivity contribution in [3.05, 3.63) is 65.9 Å². The van der Waals surface area contributed by atoms with Gasteiger partial charge in [-0.1, -0.05) is 59.9 Å². The summed E-state index contributed by atoms with van der Waals surface area (Å²) in [4.78, 5) is 11.6. The molecule has 3 rings (SSSR count). The van der Waals surface area contributed by atoms with Gasteiger partial charge in [0.15, 0.2) is 5.78 Å². The maximum Gasteiger partial charge on any atom is 0.157 e. The first-order valence-corrected chi connectivity index (χ1v) is 11.6. The lowest BCUT2D eigenvalue weighted by atomic mass is 10.0. The molecular weight excluding hydrogens is 324 g/mol. The van der Waals surface area contributed by atoms with Crippen LogP contribution in [0.15, 0.2) is 60.3 Å². The van der Waals surface area contributed by atoms with Crippen LogP contribution in [0, 0.1) is 11.3 Å². The lowest BCUT2D eigenvalue weighted by Gasteiger charge is -2.25. The van der Waals surface area contributed by atoms with Crippen LogP contribution >= 0.6 is 0 Å². The summed E-state index contributed by atoms with van der Waals surface area (Å²) < 4.78 is 0. The van der Waals surface area contributed by atoms with Crippen LogP contribution in [-0.2, 0) is 4.79 Å². The summed E-state index contributed by atoms with van der Waals surface area (Å²) in [5, 5.41) is 15.5. The molecule has 2 aromatic carbocycles. The van der Waals surface area contributed by atoms with Crippen molar-refractivity contribution in [3.8, 4) is 6.07 Å². The molecule has 126 valence electrons. The first-order valence-electron chi connectivity index (χ1n) is 8.61. The van der Waals surface area contributed by atoms with Gasteiger partial charge in [-0.3, -0.25) is 4.79 Å². The van der Waals surface area contributed by atoms with E-state index in [9.17, 15) is 10.1 Å². The fourth-order valence-electron chi connectivity index (χ4n) is 3.22. The third-order valence-corrected chi connectivity index (χ3v) is 8.39. The average molecular weight is 347 g/mol. The maximum absolute atomic E-state index is 11.6. The minimum Gasteiger partial charge on any atom is -0.358 e. The van der Waals surface area contributed by atoms with Crippen LogP contribution in [0.3, 0.4) is 0 Å². The van der Waals surface area contributed by atoms with Crippen molar-refractivity contribution in [2.45, 2.75) is 32.4 Å². The third-order valence-electron chi connectivity index (χ3n) is 4.86. The number of allylic oxidation sites excluding steroid dienone is 2. The van der Waals surface area contributed by atoms with Crippen LogP contribution in [-0.4, -0.2) is 13.9 Å². The summed E-state index contributed by atoms with van der Waals surface area (Å²) in [6, 6.07) is 18.9. The number of nitriles is 1. The van der Waals surface area contributed by atoms with E-state index in [-0.39, 0.29) is 5.78 Å². The molecule has 0 unspecified atom stereocenters. The van der Waals surface area contributed by atoms with Crippen LogP contribution in [0.1, 0.15) is 24.8 Å². The Hall–Kier alpha value is -2.64. The summed E-state index contributed by atoms with van der Waals surface area (Å²) >= 11 is 0. The first kappa shape index (κ1) is 17.2. The smallest absolute Gasteiger partial charge is 0.157 e. The number of carbonyl (C=O) groups is 1. The molecule has 0 amide bonds. The van der Waals surface area contributed by atoms with Gasteiger partial charge in [0.25, 0.3) is 0 Å². The molecule has 0 fully saturated rings. The second kappa shape index (κ2) is 7.08. The molecule has 0 heterocycles. The van der Waals surface area contributed by atoms with E-state index in [1.54, 1.807) is 6.08 Å². The Balaban J connectivity index is 1.92. The maximum atomic E-state index is 11.6. The number of benzene rings is 2. The third kappa shape index (κ3) is 3.72. The zero-order valence-electron chi connectivity index (χ0n) is 14.7. The quantitative estimate of drug-likeness (QED) is 0.863. The normalized spacial score (nSPS) is 14.6. The Morgan fingerprint density at radius 2 is 1.80 bits per heavy atom. The standard InChI is InChI=1S/C21H22N2OSi/c1-25(2,19-9-4-3-5-10-19)20-11-12-21(16(13-20)15-22)23-17-7-6-8-18(24)14-17/h3-5,9-14,23H,6-8H2,1-2H3. The molecule has 4 heteroatoms. The summed E-state index contributed by atoms with van der Waals surface area (Å²) in [6.45, 7) is 4.60. The van der Waals surface area contributed by atoms with Crippen molar-refractivity contribution < 1.29 is 4.79 Å². The van der Waals surface area contributed by atoms with Gasteiger partial charge >= 0.3 is 0 Å². The van der Waals surface area contributed by atoms with Gasteiger partial charge in [-0.15, -0.1) is 0 Å². The van der Waals surface area contributed by atoms with Crippen molar-refractivity contribution in [3.63, 3.8) is 0 Å². The van der Waals surface area contributed by atoms with Crippen LogP contribution in [0.4, 0.5) is 5.69 Å². The van der Waals surface area contributed by atoms with E-state index in [0.717, 1.165) is 24.2 Å². The topological polar surface area (TPSA) is 52.9 Å². The van der Waals surface area contributed by atoms with E-state index in [2.05, 4.69) is 54.8 Å². The van der Waals surface area contributed by atoms with Gasteiger partial charge in [0.2, 0.25) is 0 Å². The minimum atomic E-state index is -1.84.